The lowest BCUT2D eigenvalue weighted by Gasteiger charge is -2.23. The van der Waals surface area contributed by atoms with Gasteiger partial charge in [0.15, 0.2) is 5.58 Å². The molecule has 0 unspecified atom stereocenters. The molecular weight excluding hydrogens is 180 g/mol. The van der Waals surface area contributed by atoms with Gasteiger partial charge in [0, 0.05) is 25.2 Å². The second kappa shape index (κ2) is 3.29. The molecule has 2 aromatic rings. The average molecular weight is 194 g/mol. The zero-order chi connectivity index (χ0) is 10.1. The van der Waals surface area contributed by atoms with E-state index in [0.717, 1.165) is 24.2 Å². The highest BCUT2D eigenvalue weighted by Gasteiger charge is 2.13. The molecule has 0 aromatic carbocycles. The summed E-state index contributed by atoms with van der Waals surface area (Å²) in [6.07, 6.45) is 1.63. The van der Waals surface area contributed by atoms with E-state index in [-0.39, 0.29) is 5.88 Å². The molecule has 0 radical (unpaired) electrons. The van der Waals surface area contributed by atoms with Crippen molar-refractivity contribution in [1.29, 1.82) is 0 Å². The zero-order valence-corrected chi connectivity index (χ0v) is 8.40. The van der Waals surface area contributed by atoms with E-state index in [1.165, 1.54) is 0 Å². The number of furan rings is 1. The van der Waals surface area contributed by atoms with E-state index in [0.29, 0.717) is 0 Å². The van der Waals surface area contributed by atoms with Gasteiger partial charge in [-0.3, -0.25) is 0 Å². The normalized spacial score (nSPS) is 11.0. The van der Waals surface area contributed by atoms with Crippen LogP contribution in [0, 0.1) is 0 Å². The van der Waals surface area contributed by atoms with Crippen LogP contribution in [0.2, 0.25) is 0 Å². The van der Waals surface area contributed by atoms with Gasteiger partial charge in [0.05, 0.1) is 6.26 Å². The maximum Gasteiger partial charge on any atom is 0.214 e. The number of aromatic nitrogens is 1. The third-order valence-electron chi connectivity index (χ3n) is 2.39. The van der Waals surface area contributed by atoms with Crippen LogP contribution in [-0.4, -0.2) is 22.9 Å². The van der Waals surface area contributed by atoms with Crippen LogP contribution in [0.1, 0.15) is 13.8 Å². The van der Waals surface area contributed by atoms with Crippen LogP contribution in [0.3, 0.4) is 0 Å². The Kier molecular flexibility index (Phi) is 2.11. The van der Waals surface area contributed by atoms with Crippen molar-refractivity contribution >= 4 is 11.1 Å². The van der Waals surface area contributed by atoms with Crippen LogP contribution in [0.5, 0.6) is 5.88 Å². The van der Waals surface area contributed by atoms with Gasteiger partial charge >= 0.3 is 0 Å². The van der Waals surface area contributed by atoms with Gasteiger partial charge in [0.2, 0.25) is 5.88 Å². The predicted molar refractivity (Wildman–Crippen MR) is 55.2 cm³/mol. The van der Waals surface area contributed by atoms with Crippen LogP contribution in [0.25, 0.3) is 11.1 Å². The fraction of sp³-hybridized carbons (Fsp3) is 0.400. The highest BCUT2D eigenvalue weighted by atomic mass is 16.3. The Balaban J connectivity index is 2.57. The monoisotopic (exact) mass is 194 g/mol. The highest BCUT2D eigenvalue weighted by molar-refractivity contribution is 5.77. The van der Waals surface area contributed by atoms with Crippen molar-refractivity contribution in [2.24, 2.45) is 0 Å². The standard InChI is InChI=1S/C10H14N2O2/c1-3-11(4-2)12-8-5-6-14-9(8)7-10(12)13/h5-7,13H,3-4H2,1-2H3. The van der Waals surface area contributed by atoms with Crippen molar-refractivity contribution in [2.75, 3.05) is 18.1 Å². The lowest BCUT2D eigenvalue weighted by Crippen LogP contribution is -2.33. The Bertz CT molecular complexity index is 426. The number of hydrogen-bond donors (Lipinski definition) is 1. The molecule has 0 atom stereocenters. The van der Waals surface area contributed by atoms with E-state index in [4.69, 9.17) is 4.42 Å². The van der Waals surface area contributed by atoms with Crippen molar-refractivity contribution in [1.82, 2.24) is 4.68 Å². The van der Waals surface area contributed by atoms with Crippen molar-refractivity contribution in [3.05, 3.63) is 18.4 Å². The fourth-order valence-electron chi connectivity index (χ4n) is 1.70. The van der Waals surface area contributed by atoms with Crippen molar-refractivity contribution < 1.29 is 9.52 Å². The van der Waals surface area contributed by atoms with Gasteiger partial charge in [-0.15, -0.1) is 0 Å². The number of nitrogens with zero attached hydrogens (tertiary/aromatic N) is 2. The van der Waals surface area contributed by atoms with Crippen LogP contribution < -0.4 is 5.01 Å². The van der Waals surface area contributed by atoms with Gasteiger partial charge in [-0.05, 0) is 13.8 Å². The van der Waals surface area contributed by atoms with Gasteiger partial charge in [0.25, 0.3) is 0 Å². The molecule has 0 aliphatic rings. The Morgan fingerprint density at radius 2 is 2.14 bits per heavy atom. The molecule has 0 saturated heterocycles. The van der Waals surface area contributed by atoms with Gasteiger partial charge < -0.3 is 14.5 Å². The predicted octanol–water partition coefficient (Wildman–Crippen LogP) is 1.92. The van der Waals surface area contributed by atoms with E-state index in [9.17, 15) is 5.11 Å². The molecule has 2 aromatic heterocycles. The minimum Gasteiger partial charge on any atom is -0.493 e. The molecule has 0 aliphatic carbocycles. The van der Waals surface area contributed by atoms with Gasteiger partial charge in [0.1, 0.15) is 5.52 Å². The third-order valence-corrected chi connectivity index (χ3v) is 2.39. The topological polar surface area (TPSA) is 41.5 Å². The number of aromatic hydroxyl groups is 1. The lowest BCUT2D eigenvalue weighted by atomic mass is 10.5. The summed E-state index contributed by atoms with van der Waals surface area (Å²) in [5.41, 5.74) is 1.63. The SMILES string of the molecule is CCN(CC)n1c(O)cc2occc21. The lowest BCUT2D eigenvalue weighted by molar-refractivity contribution is 0.413. The molecule has 4 heteroatoms. The quantitative estimate of drug-likeness (QED) is 0.811. The van der Waals surface area contributed by atoms with E-state index in [2.05, 4.69) is 13.8 Å². The van der Waals surface area contributed by atoms with E-state index in [1.54, 1.807) is 17.0 Å². The maximum absolute atomic E-state index is 9.72. The molecule has 14 heavy (non-hydrogen) atoms. The Hall–Kier alpha value is -1.58. The molecule has 2 heterocycles. The minimum absolute atomic E-state index is 0.225. The van der Waals surface area contributed by atoms with Gasteiger partial charge in [-0.25, -0.2) is 4.68 Å². The smallest absolute Gasteiger partial charge is 0.214 e. The highest BCUT2D eigenvalue weighted by Crippen LogP contribution is 2.25. The van der Waals surface area contributed by atoms with Crippen molar-refractivity contribution in [3.63, 3.8) is 0 Å². The molecule has 0 bridgehead atoms. The molecule has 0 fully saturated rings. The molecule has 0 aliphatic heterocycles. The molecule has 1 N–H and O–H groups in total. The number of fused-ring (bicyclic) bond motifs is 1. The van der Waals surface area contributed by atoms with Gasteiger partial charge in [-0.2, -0.15) is 0 Å². The van der Waals surface area contributed by atoms with E-state index in [1.807, 2.05) is 11.1 Å². The van der Waals surface area contributed by atoms with Crippen LogP contribution in [-0.2, 0) is 0 Å². The Labute approximate surface area is 82.3 Å². The summed E-state index contributed by atoms with van der Waals surface area (Å²) in [5.74, 6) is 0.225. The summed E-state index contributed by atoms with van der Waals surface area (Å²) < 4.78 is 6.99. The first kappa shape index (κ1) is 8.99. The molecule has 0 amide bonds. The van der Waals surface area contributed by atoms with Gasteiger partial charge in [-0.1, -0.05) is 0 Å². The second-order valence-electron chi connectivity index (χ2n) is 3.12. The summed E-state index contributed by atoms with van der Waals surface area (Å²) >= 11 is 0. The average Bonchev–Trinajstić information content (AvgIpc) is 2.70. The summed E-state index contributed by atoms with van der Waals surface area (Å²) in [6, 6.07) is 3.49. The largest absolute Gasteiger partial charge is 0.493 e. The number of rotatable bonds is 3. The molecule has 0 spiro atoms. The molecule has 76 valence electrons. The summed E-state index contributed by atoms with van der Waals surface area (Å²) in [7, 11) is 0. The Morgan fingerprint density at radius 3 is 2.79 bits per heavy atom. The first-order chi connectivity index (χ1) is 6.77. The summed E-state index contributed by atoms with van der Waals surface area (Å²) in [6.45, 7) is 5.79. The summed E-state index contributed by atoms with van der Waals surface area (Å²) in [5, 5.41) is 11.8. The van der Waals surface area contributed by atoms with E-state index < -0.39 is 0 Å². The third kappa shape index (κ3) is 1.14. The van der Waals surface area contributed by atoms with Crippen molar-refractivity contribution in [3.8, 4) is 5.88 Å². The number of hydrogen-bond acceptors (Lipinski definition) is 3. The van der Waals surface area contributed by atoms with Crippen LogP contribution in [0.4, 0.5) is 0 Å². The van der Waals surface area contributed by atoms with Crippen LogP contribution in [0.15, 0.2) is 22.8 Å². The zero-order valence-electron chi connectivity index (χ0n) is 8.40. The molecular formula is C10H14N2O2. The molecule has 2 rings (SSSR count). The Morgan fingerprint density at radius 1 is 1.43 bits per heavy atom. The maximum atomic E-state index is 9.72. The van der Waals surface area contributed by atoms with E-state index >= 15 is 0 Å². The molecule has 4 nitrogen and oxygen atoms in total. The van der Waals surface area contributed by atoms with Crippen LogP contribution >= 0.6 is 0 Å². The van der Waals surface area contributed by atoms with Crippen molar-refractivity contribution in [2.45, 2.75) is 13.8 Å². The minimum atomic E-state index is 0.225. The molecule has 0 saturated carbocycles. The first-order valence-electron chi connectivity index (χ1n) is 4.81. The fourth-order valence-corrected chi connectivity index (χ4v) is 1.70. The second-order valence-corrected chi connectivity index (χ2v) is 3.12. The first-order valence-corrected chi connectivity index (χ1v) is 4.81. The summed E-state index contributed by atoms with van der Waals surface area (Å²) in [4.78, 5) is 0.